The molecule has 0 amide bonds. The molecule has 0 radical (unpaired) electrons. The summed E-state index contributed by atoms with van der Waals surface area (Å²) in [6.07, 6.45) is 2.45. The zero-order valence-electron chi connectivity index (χ0n) is 92.4. The maximum Gasteiger partial charge on any atom is 0.126 e. The molecular formula is C132H168O8. The van der Waals surface area contributed by atoms with Crippen LogP contribution in [0.3, 0.4) is 0 Å². The number of benzene rings is 12. The van der Waals surface area contributed by atoms with E-state index >= 15 is 0 Å². The lowest BCUT2D eigenvalue weighted by Crippen LogP contribution is -2.16. The van der Waals surface area contributed by atoms with Crippen LogP contribution in [0.5, 0.6) is 46.0 Å². The first kappa shape index (κ1) is 106. The summed E-state index contributed by atoms with van der Waals surface area (Å²) in [5.41, 5.74) is 27.8. The molecule has 12 aromatic rings. The molecule has 1 aliphatic carbocycles. The molecule has 0 unspecified atom stereocenters. The highest BCUT2D eigenvalue weighted by Gasteiger charge is 2.35. The molecule has 0 atom stereocenters. The Morgan fingerprint density at radius 3 is 0.350 bits per heavy atom. The van der Waals surface area contributed by atoms with Crippen molar-refractivity contribution in [2.24, 2.45) is 0 Å². The summed E-state index contributed by atoms with van der Waals surface area (Å²) in [4.78, 5) is 0. The largest absolute Gasteiger partial charge is 0.507 e. The van der Waals surface area contributed by atoms with Crippen LogP contribution in [-0.2, 0) is 143 Å². The van der Waals surface area contributed by atoms with Crippen LogP contribution in [0.1, 0.15) is 427 Å². The van der Waals surface area contributed by atoms with Crippen molar-refractivity contribution in [3.8, 4) is 46.0 Å². The number of ether oxygens (including phenoxy) is 4. The summed E-state index contributed by atoms with van der Waals surface area (Å²) < 4.78 is 30.3. The number of rotatable bonds is 12. The van der Waals surface area contributed by atoms with Gasteiger partial charge in [0.2, 0.25) is 0 Å². The third-order valence-corrected chi connectivity index (χ3v) is 28.8. The van der Waals surface area contributed by atoms with Crippen LogP contribution < -0.4 is 18.9 Å². The molecule has 0 aliphatic heterocycles. The third-order valence-electron chi connectivity index (χ3n) is 28.8. The number of aromatic hydroxyl groups is 4. The van der Waals surface area contributed by atoms with Gasteiger partial charge in [-0.25, -0.2) is 0 Å². The maximum atomic E-state index is 13.9. The maximum absolute atomic E-state index is 13.9. The Balaban J connectivity index is 1.14. The Morgan fingerprint density at radius 2 is 0.250 bits per heavy atom. The first-order valence-electron chi connectivity index (χ1n) is 51.5. The molecule has 0 saturated heterocycles. The van der Waals surface area contributed by atoms with Crippen molar-refractivity contribution >= 4 is 0 Å². The van der Waals surface area contributed by atoms with Gasteiger partial charge in [0.1, 0.15) is 72.4 Å². The van der Waals surface area contributed by atoms with E-state index in [1.54, 1.807) is 0 Å². The number of hydrogen-bond acceptors (Lipinski definition) is 8. The van der Waals surface area contributed by atoms with Crippen LogP contribution in [0, 0.1) is 0 Å². The second-order valence-corrected chi connectivity index (χ2v) is 53.4. The fourth-order valence-electron chi connectivity index (χ4n) is 19.1. The van der Waals surface area contributed by atoms with Gasteiger partial charge in [0.05, 0.1) is 0 Å². The highest BCUT2D eigenvalue weighted by Crippen LogP contribution is 2.50. The molecule has 8 heteroatoms. The molecular weight excluding hydrogens is 1710 g/mol. The second-order valence-electron chi connectivity index (χ2n) is 53.4. The van der Waals surface area contributed by atoms with Crippen molar-refractivity contribution < 1.29 is 39.4 Å². The molecule has 13 rings (SSSR count). The van der Waals surface area contributed by atoms with Gasteiger partial charge in [-0.2, -0.15) is 0 Å². The number of hydrogen-bond donors (Lipinski definition) is 4. The number of fused-ring (bicyclic) bond motifs is 16. The quantitative estimate of drug-likeness (QED) is 0.0956. The molecule has 0 fully saturated rings. The van der Waals surface area contributed by atoms with Gasteiger partial charge < -0.3 is 39.4 Å². The molecule has 0 heterocycles. The SMILES string of the molecule is CC(C)(C)c1ccc(COc2c3cc(C(C)(C)C)cc2Cc2cc(C(C)(C)C)cc(c2O)Cc2cc(C(C)(C)C)cc(c2OCc2ccc(C(C)(C)C)cc2)Cc2cc(C(C)(C)C)cc(c2O)Cc2cc(C(C)(C)C)cc(c2OCc2ccc(C(C)(C)C)cc2)Cc2cc(C(C)(C)C)cc(c2O)Cc2cc(C(C)(C)C)cc(c2OCc2ccc(C(C)(C)C)cc2)Cc2cc(C(C)(C)C)cc(c2O)C3)cc1. The summed E-state index contributed by atoms with van der Waals surface area (Å²) in [5.74, 6) is 3.60. The first-order chi connectivity index (χ1) is 64.5. The Hall–Kier alpha value is -11.0. The lowest BCUT2D eigenvalue weighted by atomic mass is 9.79. The van der Waals surface area contributed by atoms with Gasteiger partial charge >= 0.3 is 0 Å². The molecule has 140 heavy (non-hydrogen) atoms. The highest BCUT2D eigenvalue weighted by atomic mass is 16.5. The summed E-state index contributed by atoms with van der Waals surface area (Å²) >= 11 is 0. The van der Waals surface area contributed by atoms with Crippen LogP contribution in [0.4, 0.5) is 0 Å². The van der Waals surface area contributed by atoms with E-state index in [0.29, 0.717) is 74.4 Å². The van der Waals surface area contributed by atoms with E-state index in [-0.39, 0.29) is 114 Å². The van der Waals surface area contributed by atoms with Gasteiger partial charge in [-0.15, -0.1) is 0 Å². The normalized spacial score (nSPS) is 13.9. The van der Waals surface area contributed by atoms with E-state index in [1.807, 2.05) is 0 Å². The lowest BCUT2D eigenvalue weighted by molar-refractivity contribution is 0.300. The van der Waals surface area contributed by atoms with E-state index in [4.69, 9.17) is 18.9 Å². The van der Waals surface area contributed by atoms with Crippen LogP contribution in [0.25, 0.3) is 0 Å². The molecule has 8 nitrogen and oxygen atoms in total. The molecule has 0 spiro atoms. The Kier molecular flexibility index (Phi) is 29.9. The summed E-state index contributed by atoms with van der Waals surface area (Å²) in [5, 5.41) is 55.8. The van der Waals surface area contributed by atoms with Crippen LogP contribution in [0.2, 0.25) is 0 Å². The standard InChI is InChI=1S/C132H168O8/c1-121(2,3)101-45-37-81(38-46-101)77-137-117-93-53-85-61-105(125(13,14)15)63-87(113(85)133)55-95-71-110(130(28,29)30)73-97(118(95)138-78-82-39-47-102(48-40-82)122(4,5)6)57-89-65-107(127(19,20)21)67-91(115(89)135)59-99-75-112(132(34,35)36)76-100(120(99)140-80-84-43-51-104(52-44-84)124(10,11)12)60-92-68-108(128(22,23)24)66-90(116(92)136)58-98-74-111(131(31,32)33)72-96(119(98)139-79-83-41-49-103(50-42-83)123(7,8)9)56-88-64-106(126(16,17)18)62-86(114(88)134)54-94(117)70-109(69-93)129(25,26)27/h37-52,61-76,133-136H,53-60,77-80H2,1-36H3. The zero-order valence-corrected chi connectivity index (χ0v) is 92.4. The zero-order chi connectivity index (χ0) is 103. The molecule has 0 saturated carbocycles. The van der Waals surface area contributed by atoms with E-state index in [1.165, 1.54) is 22.3 Å². The number of phenolic OH excluding ortho intramolecular Hbond substituents is 4. The fraction of sp³-hybridized carbons (Fsp3) is 0.455. The van der Waals surface area contributed by atoms with E-state index < -0.39 is 0 Å². The monoisotopic (exact) mass is 1880 g/mol. The lowest BCUT2D eigenvalue weighted by Gasteiger charge is -2.28. The average Bonchev–Trinajstić information content (AvgIpc) is 0.766. The van der Waals surface area contributed by atoms with Crippen molar-refractivity contribution in [1.29, 1.82) is 0 Å². The van der Waals surface area contributed by atoms with Gasteiger partial charge in [0, 0.05) is 51.4 Å². The molecule has 4 N–H and O–H groups in total. The molecule has 16 bridgehead atoms. The average molecular weight is 1880 g/mol. The van der Waals surface area contributed by atoms with E-state index in [0.717, 1.165) is 156 Å². The summed E-state index contributed by atoms with van der Waals surface area (Å²) in [6, 6.07) is 71.5. The van der Waals surface area contributed by atoms with Gasteiger partial charge in [0.15, 0.2) is 0 Å². The third kappa shape index (κ3) is 25.6. The predicted molar refractivity (Wildman–Crippen MR) is 588 cm³/mol. The highest BCUT2D eigenvalue weighted by molar-refractivity contribution is 5.64. The van der Waals surface area contributed by atoms with Crippen LogP contribution in [0.15, 0.2) is 194 Å². The molecule has 744 valence electrons. The predicted octanol–water partition coefficient (Wildman–Crippen LogP) is 33.4. The Bertz CT molecular complexity index is 5510. The van der Waals surface area contributed by atoms with Gasteiger partial charge in [0.25, 0.3) is 0 Å². The topological polar surface area (TPSA) is 118 Å². The van der Waals surface area contributed by atoms with Gasteiger partial charge in [-0.3, -0.25) is 0 Å². The van der Waals surface area contributed by atoms with Crippen LogP contribution >= 0.6 is 0 Å². The minimum Gasteiger partial charge on any atom is -0.507 e. The van der Waals surface area contributed by atoms with E-state index in [9.17, 15) is 20.4 Å². The molecule has 1 aliphatic rings. The Labute approximate surface area is 844 Å². The van der Waals surface area contributed by atoms with Crippen molar-refractivity contribution in [2.45, 2.75) is 392 Å². The Morgan fingerprint density at radius 1 is 0.150 bits per heavy atom. The van der Waals surface area contributed by atoms with Crippen molar-refractivity contribution in [1.82, 2.24) is 0 Å². The summed E-state index contributed by atoms with van der Waals surface area (Å²) in [7, 11) is 0. The molecule has 0 aromatic heterocycles. The van der Waals surface area contributed by atoms with Crippen molar-refractivity contribution in [2.75, 3.05) is 0 Å². The minimum absolute atomic E-state index is 0.0657. The molecule has 12 aromatic carbocycles. The van der Waals surface area contributed by atoms with Gasteiger partial charge in [-0.05, 0) is 243 Å². The second kappa shape index (κ2) is 39.4. The van der Waals surface area contributed by atoms with Crippen LogP contribution in [-0.4, -0.2) is 20.4 Å². The van der Waals surface area contributed by atoms with Crippen molar-refractivity contribution in [3.05, 3.63) is 372 Å². The smallest absolute Gasteiger partial charge is 0.126 e. The van der Waals surface area contributed by atoms with E-state index in [2.05, 4.69) is 443 Å². The summed E-state index contributed by atoms with van der Waals surface area (Å²) in [6.45, 7) is 82.2. The minimum atomic E-state index is -0.381. The first-order valence-corrected chi connectivity index (χ1v) is 51.5. The van der Waals surface area contributed by atoms with Crippen molar-refractivity contribution in [3.63, 3.8) is 0 Å². The number of phenols is 4. The van der Waals surface area contributed by atoms with Gasteiger partial charge in [-0.1, -0.05) is 443 Å². The fourth-order valence-corrected chi connectivity index (χ4v) is 19.1.